The Balaban J connectivity index is 2.14. The largest absolute Gasteiger partial charge is 0.384 e. The number of piperidine rings is 1. The number of nitrogens with one attached hydrogen (secondary N) is 2. The van der Waals surface area contributed by atoms with Gasteiger partial charge in [0, 0.05) is 37.0 Å². The van der Waals surface area contributed by atoms with Crippen molar-refractivity contribution >= 4 is 15.9 Å². The molecule has 1 aromatic heterocycles. The number of aliphatic hydroxyl groups is 1. The lowest BCUT2D eigenvalue weighted by Crippen LogP contribution is -2.47. The molecule has 21 heavy (non-hydrogen) atoms. The van der Waals surface area contributed by atoms with E-state index < -0.39 is 10.0 Å². The molecule has 1 aliphatic rings. The van der Waals surface area contributed by atoms with Gasteiger partial charge < -0.3 is 10.4 Å². The summed E-state index contributed by atoms with van der Waals surface area (Å²) in [7, 11) is -3.72. The summed E-state index contributed by atoms with van der Waals surface area (Å²) in [5, 5.41) is 11.2. The van der Waals surface area contributed by atoms with Crippen LogP contribution in [-0.4, -0.2) is 43.6 Å². The zero-order chi connectivity index (χ0) is 15.3. The lowest BCUT2D eigenvalue weighted by Gasteiger charge is -2.23. The fraction of sp³-hybridized carbons (Fsp3) is 0.385. The van der Waals surface area contributed by atoms with Crippen molar-refractivity contribution in [2.24, 2.45) is 0 Å². The molecule has 1 aliphatic heterocycles. The number of nitrogens with zero attached hydrogens (tertiary/aromatic N) is 1. The van der Waals surface area contributed by atoms with Crippen LogP contribution in [0.4, 0.5) is 0 Å². The standard InChI is InChI=1S/C13H15N3O4S/c17-5-1-2-10-6-12(9-14-7-10)21(19,20)16-11-3-4-13(18)15-8-11/h6-7,9,11,16-17H,3-5,8H2,(H,15,18). The number of rotatable bonds is 3. The topological polar surface area (TPSA) is 108 Å². The summed E-state index contributed by atoms with van der Waals surface area (Å²) in [6, 6.07) is 1.05. The molecule has 0 bridgehead atoms. The van der Waals surface area contributed by atoms with Gasteiger partial charge in [-0.1, -0.05) is 11.8 Å². The van der Waals surface area contributed by atoms with E-state index in [0.717, 1.165) is 0 Å². The van der Waals surface area contributed by atoms with Crippen LogP contribution in [0, 0.1) is 11.8 Å². The van der Waals surface area contributed by atoms with Crippen molar-refractivity contribution in [3.05, 3.63) is 24.0 Å². The highest BCUT2D eigenvalue weighted by Crippen LogP contribution is 2.12. The molecule has 0 saturated carbocycles. The maximum Gasteiger partial charge on any atom is 0.242 e. The fourth-order valence-electron chi connectivity index (χ4n) is 1.90. The summed E-state index contributed by atoms with van der Waals surface area (Å²) < 4.78 is 27.0. The number of carbonyl (C=O) groups excluding carboxylic acids is 1. The number of amides is 1. The van der Waals surface area contributed by atoms with Gasteiger partial charge in [-0.05, 0) is 12.5 Å². The van der Waals surface area contributed by atoms with E-state index >= 15 is 0 Å². The van der Waals surface area contributed by atoms with Crippen LogP contribution < -0.4 is 10.0 Å². The molecule has 0 aromatic carbocycles. The van der Waals surface area contributed by atoms with Gasteiger partial charge in [-0.3, -0.25) is 9.78 Å². The molecule has 2 rings (SSSR count). The molecule has 1 aromatic rings. The molecular weight excluding hydrogens is 294 g/mol. The van der Waals surface area contributed by atoms with Gasteiger partial charge in [0.2, 0.25) is 15.9 Å². The summed E-state index contributed by atoms with van der Waals surface area (Å²) >= 11 is 0. The van der Waals surface area contributed by atoms with E-state index in [1.165, 1.54) is 18.5 Å². The van der Waals surface area contributed by atoms with Crippen molar-refractivity contribution in [1.29, 1.82) is 0 Å². The monoisotopic (exact) mass is 309 g/mol. The summed E-state index contributed by atoms with van der Waals surface area (Å²) in [5.41, 5.74) is 0.406. The van der Waals surface area contributed by atoms with Crippen LogP contribution in [0.25, 0.3) is 0 Å². The molecule has 0 radical (unpaired) electrons. The van der Waals surface area contributed by atoms with Gasteiger partial charge in [0.15, 0.2) is 0 Å². The number of aliphatic hydroxyl groups excluding tert-OH is 1. The van der Waals surface area contributed by atoms with E-state index in [9.17, 15) is 13.2 Å². The first-order valence-electron chi connectivity index (χ1n) is 6.35. The number of hydrogen-bond donors (Lipinski definition) is 3. The zero-order valence-corrected chi connectivity index (χ0v) is 12.0. The van der Waals surface area contributed by atoms with E-state index in [1.54, 1.807) is 0 Å². The molecule has 0 aliphatic carbocycles. The van der Waals surface area contributed by atoms with Crippen molar-refractivity contribution in [3.63, 3.8) is 0 Å². The molecule has 7 nitrogen and oxygen atoms in total. The van der Waals surface area contributed by atoms with Crippen LogP contribution in [0.3, 0.4) is 0 Å². The minimum absolute atomic E-state index is 0.00383. The Morgan fingerprint density at radius 3 is 2.95 bits per heavy atom. The van der Waals surface area contributed by atoms with Crippen LogP contribution in [0.2, 0.25) is 0 Å². The smallest absolute Gasteiger partial charge is 0.242 e. The fourth-order valence-corrected chi connectivity index (χ4v) is 3.15. The SMILES string of the molecule is O=C1CCC(NS(=O)(=O)c2cncc(C#CCO)c2)CN1. The van der Waals surface area contributed by atoms with E-state index in [1.807, 2.05) is 0 Å². The molecule has 1 atom stereocenters. The first-order valence-corrected chi connectivity index (χ1v) is 7.83. The first kappa shape index (κ1) is 15.4. The average Bonchev–Trinajstić information content (AvgIpc) is 2.48. The van der Waals surface area contributed by atoms with Crippen molar-refractivity contribution in [3.8, 4) is 11.8 Å². The van der Waals surface area contributed by atoms with Gasteiger partial charge in [0.25, 0.3) is 0 Å². The predicted molar refractivity (Wildman–Crippen MR) is 74.6 cm³/mol. The quantitative estimate of drug-likeness (QED) is 0.620. The predicted octanol–water partition coefficient (Wildman–Crippen LogP) is -1.02. The lowest BCUT2D eigenvalue weighted by molar-refractivity contribution is -0.122. The highest BCUT2D eigenvalue weighted by atomic mass is 32.2. The average molecular weight is 309 g/mol. The molecule has 1 fully saturated rings. The van der Waals surface area contributed by atoms with Crippen LogP contribution in [-0.2, 0) is 14.8 Å². The third-order valence-corrected chi connectivity index (χ3v) is 4.41. The highest BCUT2D eigenvalue weighted by molar-refractivity contribution is 7.89. The zero-order valence-electron chi connectivity index (χ0n) is 11.2. The van der Waals surface area contributed by atoms with Gasteiger partial charge in [-0.25, -0.2) is 13.1 Å². The van der Waals surface area contributed by atoms with Gasteiger partial charge >= 0.3 is 0 Å². The van der Waals surface area contributed by atoms with Crippen molar-refractivity contribution in [2.75, 3.05) is 13.2 Å². The Kier molecular flexibility index (Phi) is 4.90. The summed E-state index contributed by atoms with van der Waals surface area (Å²) in [5.74, 6) is 4.96. The van der Waals surface area contributed by atoms with E-state index in [-0.39, 0.29) is 30.0 Å². The molecule has 8 heteroatoms. The van der Waals surface area contributed by atoms with Crippen molar-refractivity contribution < 1.29 is 18.3 Å². The lowest BCUT2D eigenvalue weighted by atomic mass is 10.1. The molecule has 0 spiro atoms. The number of sulfonamides is 1. The second-order valence-electron chi connectivity index (χ2n) is 4.53. The van der Waals surface area contributed by atoms with Crippen molar-refractivity contribution in [1.82, 2.24) is 15.0 Å². The number of hydrogen-bond acceptors (Lipinski definition) is 5. The van der Waals surface area contributed by atoms with Crippen LogP contribution in [0.15, 0.2) is 23.4 Å². The molecule has 1 saturated heterocycles. The van der Waals surface area contributed by atoms with Crippen molar-refractivity contribution in [2.45, 2.75) is 23.8 Å². The van der Waals surface area contributed by atoms with E-state index in [4.69, 9.17) is 5.11 Å². The van der Waals surface area contributed by atoms with Gasteiger partial charge in [-0.15, -0.1) is 0 Å². The number of pyridine rings is 1. The van der Waals surface area contributed by atoms with Gasteiger partial charge in [0.05, 0.1) is 0 Å². The normalized spacial score (nSPS) is 18.5. The van der Waals surface area contributed by atoms with Gasteiger partial charge in [-0.2, -0.15) is 0 Å². The summed E-state index contributed by atoms with van der Waals surface area (Å²) in [4.78, 5) is 14.9. The first-order chi connectivity index (χ1) is 10.0. The third kappa shape index (κ3) is 4.26. The van der Waals surface area contributed by atoms with Gasteiger partial charge in [0.1, 0.15) is 11.5 Å². The van der Waals surface area contributed by atoms with Crippen LogP contribution in [0.5, 0.6) is 0 Å². The Morgan fingerprint density at radius 2 is 2.29 bits per heavy atom. The van der Waals surface area contributed by atoms with Crippen LogP contribution >= 0.6 is 0 Å². The van der Waals surface area contributed by atoms with E-state index in [2.05, 4.69) is 26.9 Å². The second kappa shape index (κ2) is 6.67. The molecule has 1 amide bonds. The molecule has 112 valence electrons. The second-order valence-corrected chi connectivity index (χ2v) is 6.24. The third-order valence-electron chi connectivity index (χ3n) is 2.92. The highest BCUT2D eigenvalue weighted by Gasteiger charge is 2.24. The molecule has 2 heterocycles. The Morgan fingerprint density at radius 1 is 1.48 bits per heavy atom. The molecule has 3 N–H and O–H groups in total. The van der Waals surface area contributed by atoms with Crippen LogP contribution in [0.1, 0.15) is 18.4 Å². The minimum atomic E-state index is -3.72. The maximum atomic E-state index is 12.2. The molecular formula is C13H15N3O4S. The summed E-state index contributed by atoms with van der Waals surface area (Å²) in [6.45, 7) is -0.0352. The van der Waals surface area contributed by atoms with E-state index in [0.29, 0.717) is 18.4 Å². The maximum absolute atomic E-state index is 12.2. The Hall–Kier alpha value is -1.95. The minimum Gasteiger partial charge on any atom is -0.384 e. The molecule has 1 unspecified atom stereocenters. The Labute approximate surface area is 122 Å². The number of aromatic nitrogens is 1. The Bertz CT molecular complexity index is 681. The number of carbonyl (C=O) groups is 1. The summed E-state index contributed by atoms with van der Waals surface area (Å²) in [6.07, 6.45) is 3.41.